The van der Waals surface area contributed by atoms with Crippen LogP contribution in [-0.4, -0.2) is 16.0 Å². The Hall–Kier alpha value is -2.17. The van der Waals surface area contributed by atoms with Crippen LogP contribution in [0.4, 0.5) is 10.6 Å². The molecule has 0 spiro atoms. The molecule has 5 heteroatoms. The van der Waals surface area contributed by atoms with Crippen LogP contribution in [0.25, 0.3) is 11.0 Å². The lowest BCUT2D eigenvalue weighted by molar-refractivity contribution is 0.259. The van der Waals surface area contributed by atoms with Crippen LogP contribution in [0, 0.1) is 0 Å². The van der Waals surface area contributed by atoms with E-state index < -0.39 is 6.03 Å². The fourth-order valence-corrected chi connectivity index (χ4v) is 1.15. The number of nitrogens with two attached hydrogens (primary N) is 1. The SMILES string of the molecule is NC(=O)Nc1ccc2cccnc2n1. The molecule has 0 aliphatic carbocycles. The summed E-state index contributed by atoms with van der Waals surface area (Å²) in [6.45, 7) is 0. The molecule has 14 heavy (non-hydrogen) atoms. The van der Waals surface area contributed by atoms with Crippen molar-refractivity contribution in [1.29, 1.82) is 0 Å². The topological polar surface area (TPSA) is 80.9 Å². The van der Waals surface area contributed by atoms with Gasteiger partial charge in [0.25, 0.3) is 0 Å². The summed E-state index contributed by atoms with van der Waals surface area (Å²) in [5, 5.41) is 3.30. The Morgan fingerprint density at radius 2 is 2.21 bits per heavy atom. The van der Waals surface area contributed by atoms with E-state index in [4.69, 9.17) is 5.73 Å². The van der Waals surface area contributed by atoms with Crippen LogP contribution in [0.3, 0.4) is 0 Å². The molecule has 0 aliphatic heterocycles. The van der Waals surface area contributed by atoms with Gasteiger partial charge in [0.2, 0.25) is 0 Å². The van der Waals surface area contributed by atoms with Gasteiger partial charge < -0.3 is 5.73 Å². The summed E-state index contributed by atoms with van der Waals surface area (Å²) in [6, 6.07) is 6.58. The number of hydrogen-bond donors (Lipinski definition) is 2. The lowest BCUT2D eigenvalue weighted by atomic mass is 10.3. The van der Waals surface area contributed by atoms with Crippen molar-refractivity contribution in [2.24, 2.45) is 5.73 Å². The molecule has 0 atom stereocenters. The molecule has 3 N–H and O–H groups in total. The van der Waals surface area contributed by atoms with Crippen molar-refractivity contribution in [2.45, 2.75) is 0 Å². The number of primary amides is 1. The van der Waals surface area contributed by atoms with E-state index in [1.807, 2.05) is 18.2 Å². The molecular formula is C9H8N4O. The largest absolute Gasteiger partial charge is 0.351 e. The smallest absolute Gasteiger partial charge is 0.317 e. The maximum Gasteiger partial charge on any atom is 0.317 e. The van der Waals surface area contributed by atoms with Gasteiger partial charge in [-0.05, 0) is 24.3 Å². The summed E-state index contributed by atoms with van der Waals surface area (Å²) >= 11 is 0. The first kappa shape index (κ1) is 8.43. The first-order chi connectivity index (χ1) is 6.75. The minimum Gasteiger partial charge on any atom is -0.351 e. The number of nitrogens with zero attached hydrogens (tertiary/aromatic N) is 2. The zero-order chi connectivity index (χ0) is 9.97. The van der Waals surface area contributed by atoms with Crippen LogP contribution >= 0.6 is 0 Å². The van der Waals surface area contributed by atoms with E-state index in [2.05, 4.69) is 15.3 Å². The van der Waals surface area contributed by atoms with Gasteiger partial charge in [-0.25, -0.2) is 14.8 Å². The molecule has 2 aromatic rings. The third-order valence-corrected chi connectivity index (χ3v) is 1.72. The molecule has 2 rings (SSSR count). The predicted molar refractivity (Wildman–Crippen MR) is 52.7 cm³/mol. The summed E-state index contributed by atoms with van der Waals surface area (Å²) in [5.41, 5.74) is 5.54. The third kappa shape index (κ3) is 1.61. The molecular weight excluding hydrogens is 180 g/mol. The van der Waals surface area contributed by atoms with Crippen molar-refractivity contribution in [3.8, 4) is 0 Å². The molecule has 0 radical (unpaired) electrons. The summed E-state index contributed by atoms with van der Waals surface area (Å²) in [5.74, 6) is 0.406. The van der Waals surface area contributed by atoms with Gasteiger partial charge in [0.15, 0.2) is 5.65 Å². The lowest BCUT2D eigenvalue weighted by Gasteiger charge is -2.01. The highest BCUT2D eigenvalue weighted by Crippen LogP contribution is 2.11. The van der Waals surface area contributed by atoms with Gasteiger partial charge in [0, 0.05) is 11.6 Å². The normalized spacial score (nSPS) is 10.0. The number of hydrogen-bond acceptors (Lipinski definition) is 3. The van der Waals surface area contributed by atoms with Gasteiger partial charge in [-0.2, -0.15) is 0 Å². The number of aromatic nitrogens is 2. The molecule has 2 heterocycles. The lowest BCUT2D eigenvalue weighted by Crippen LogP contribution is -2.19. The van der Waals surface area contributed by atoms with E-state index in [0.29, 0.717) is 11.5 Å². The minimum atomic E-state index is -0.632. The van der Waals surface area contributed by atoms with Crippen LogP contribution in [-0.2, 0) is 0 Å². The zero-order valence-electron chi connectivity index (χ0n) is 7.27. The highest BCUT2D eigenvalue weighted by molar-refractivity contribution is 5.88. The van der Waals surface area contributed by atoms with Crippen molar-refractivity contribution in [3.63, 3.8) is 0 Å². The van der Waals surface area contributed by atoms with E-state index >= 15 is 0 Å². The van der Waals surface area contributed by atoms with Crippen LogP contribution in [0.5, 0.6) is 0 Å². The molecule has 2 aromatic heterocycles. The van der Waals surface area contributed by atoms with Crippen molar-refractivity contribution in [1.82, 2.24) is 9.97 Å². The molecule has 0 saturated carbocycles. The van der Waals surface area contributed by atoms with Gasteiger partial charge in [0.05, 0.1) is 0 Å². The van der Waals surface area contributed by atoms with E-state index in [1.165, 1.54) is 0 Å². The third-order valence-electron chi connectivity index (χ3n) is 1.72. The number of fused-ring (bicyclic) bond motifs is 1. The van der Waals surface area contributed by atoms with Crippen LogP contribution < -0.4 is 11.1 Å². The van der Waals surface area contributed by atoms with Crippen LogP contribution in [0.15, 0.2) is 30.5 Å². The number of pyridine rings is 2. The van der Waals surface area contributed by atoms with Crippen molar-refractivity contribution >= 4 is 22.9 Å². The van der Waals surface area contributed by atoms with Gasteiger partial charge in [0.1, 0.15) is 5.82 Å². The fraction of sp³-hybridized carbons (Fsp3) is 0. The highest BCUT2D eigenvalue weighted by Gasteiger charge is 1.99. The van der Waals surface area contributed by atoms with Gasteiger partial charge >= 0.3 is 6.03 Å². The van der Waals surface area contributed by atoms with Gasteiger partial charge in [-0.1, -0.05) is 0 Å². The predicted octanol–water partition coefficient (Wildman–Crippen LogP) is 1.12. The quantitative estimate of drug-likeness (QED) is 0.703. The average Bonchev–Trinajstić information content (AvgIpc) is 2.17. The first-order valence-electron chi connectivity index (χ1n) is 4.04. The Balaban J connectivity index is 2.46. The number of nitrogens with one attached hydrogen (secondary N) is 1. The fourth-order valence-electron chi connectivity index (χ4n) is 1.15. The monoisotopic (exact) mass is 188 g/mol. The second kappa shape index (κ2) is 3.29. The Kier molecular flexibility index (Phi) is 1.98. The molecule has 0 aliphatic rings. The Bertz CT molecular complexity index is 483. The molecule has 5 nitrogen and oxygen atoms in total. The van der Waals surface area contributed by atoms with Crippen LogP contribution in [0.1, 0.15) is 0 Å². The number of anilines is 1. The summed E-state index contributed by atoms with van der Waals surface area (Å²) in [6.07, 6.45) is 1.64. The highest BCUT2D eigenvalue weighted by atomic mass is 16.2. The molecule has 2 amide bonds. The number of amides is 2. The molecule has 0 unspecified atom stereocenters. The molecule has 0 fully saturated rings. The Labute approximate surface area is 80.0 Å². The number of rotatable bonds is 1. The van der Waals surface area contributed by atoms with Gasteiger partial charge in [-0.15, -0.1) is 0 Å². The average molecular weight is 188 g/mol. The standard InChI is InChI=1S/C9H8N4O/c10-9(14)13-7-4-3-6-2-1-5-11-8(6)12-7/h1-5H,(H3,10,11,12,13,14). The first-order valence-corrected chi connectivity index (χ1v) is 4.04. The molecule has 0 saturated heterocycles. The summed E-state index contributed by atoms with van der Waals surface area (Å²) in [4.78, 5) is 18.7. The second-order valence-corrected chi connectivity index (χ2v) is 2.74. The van der Waals surface area contributed by atoms with E-state index in [-0.39, 0.29) is 0 Å². The number of urea groups is 1. The van der Waals surface area contributed by atoms with E-state index in [1.54, 1.807) is 12.3 Å². The maximum atomic E-state index is 10.6. The Morgan fingerprint density at radius 1 is 1.36 bits per heavy atom. The van der Waals surface area contributed by atoms with Crippen molar-refractivity contribution < 1.29 is 4.79 Å². The zero-order valence-corrected chi connectivity index (χ0v) is 7.27. The van der Waals surface area contributed by atoms with E-state index in [9.17, 15) is 4.79 Å². The number of carbonyl (C=O) groups is 1. The number of carbonyl (C=O) groups excluding carboxylic acids is 1. The molecule has 0 bridgehead atoms. The van der Waals surface area contributed by atoms with Crippen molar-refractivity contribution in [3.05, 3.63) is 30.5 Å². The summed E-state index contributed by atoms with van der Waals surface area (Å²) in [7, 11) is 0. The Morgan fingerprint density at radius 3 is 3.00 bits per heavy atom. The maximum absolute atomic E-state index is 10.6. The van der Waals surface area contributed by atoms with E-state index in [0.717, 1.165) is 5.39 Å². The van der Waals surface area contributed by atoms with Gasteiger partial charge in [-0.3, -0.25) is 5.32 Å². The minimum absolute atomic E-state index is 0.406. The summed E-state index contributed by atoms with van der Waals surface area (Å²) < 4.78 is 0. The molecule has 0 aromatic carbocycles. The second-order valence-electron chi connectivity index (χ2n) is 2.74. The van der Waals surface area contributed by atoms with Crippen LogP contribution in [0.2, 0.25) is 0 Å². The van der Waals surface area contributed by atoms with Crippen molar-refractivity contribution in [2.75, 3.05) is 5.32 Å². The molecule has 70 valence electrons.